The van der Waals surface area contributed by atoms with Crippen LogP contribution in [0.3, 0.4) is 0 Å². The Morgan fingerprint density at radius 2 is 1.95 bits per heavy atom. The van der Waals surface area contributed by atoms with E-state index < -0.39 is 0 Å². The number of nitrogens with zero attached hydrogens (tertiary/aromatic N) is 2. The Kier molecular flexibility index (Phi) is 2.78. The molecule has 0 fully saturated rings. The first kappa shape index (κ1) is 11.9. The van der Waals surface area contributed by atoms with Crippen molar-refractivity contribution in [1.82, 2.24) is 15.2 Å². The molecule has 2 aromatic carbocycles. The molecule has 4 heteroatoms. The molecule has 0 bridgehead atoms. The smallest absolute Gasteiger partial charge is 0.0751 e. The topological polar surface area (TPSA) is 53.6 Å². The Morgan fingerprint density at radius 3 is 2.95 bits per heavy atom. The first-order chi connectivity index (χ1) is 10.4. The Bertz CT molecular complexity index is 905. The van der Waals surface area contributed by atoms with Crippen LogP contribution in [0.2, 0.25) is 0 Å². The van der Waals surface area contributed by atoms with Crippen molar-refractivity contribution in [3.8, 4) is 0 Å². The van der Waals surface area contributed by atoms with E-state index in [1.165, 1.54) is 10.9 Å². The van der Waals surface area contributed by atoms with E-state index in [2.05, 4.69) is 63.0 Å². The molecule has 0 aliphatic heterocycles. The quantitative estimate of drug-likeness (QED) is 0.598. The maximum Gasteiger partial charge on any atom is 0.0751 e. The highest BCUT2D eigenvalue weighted by Crippen LogP contribution is 2.20. The molecule has 102 valence electrons. The summed E-state index contributed by atoms with van der Waals surface area (Å²) in [6.07, 6.45) is 3.66. The molecule has 0 amide bonds. The van der Waals surface area contributed by atoms with Gasteiger partial charge in [-0.1, -0.05) is 24.3 Å². The van der Waals surface area contributed by atoms with E-state index >= 15 is 0 Å². The monoisotopic (exact) mass is 274 g/mol. The summed E-state index contributed by atoms with van der Waals surface area (Å²) in [6.45, 7) is 0.744. The molecular weight excluding hydrogens is 260 g/mol. The van der Waals surface area contributed by atoms with Gasteiger partial charge in [-0.25, -0.2) is 0 Å². The zero-order valence-corrected chi connectivity index (χ0v) is 11.4. The molecule has 0 aliphatic carbocycles. The van der Waals surface area contributed by atoms with Gasteiger partial charge in [0, 0.05) is 29.2 Å². The standard InChI is InChI=1S/C17H14N4/c1-3-12-5-2-8-18-17(12)14(4-1)10-19-15-7-6-13-11-20-21-16(13)9-15/h1-9,11,19H,10H2,(H,20,21). The van der Waals surface area contributed by atoms with Crippen LogP contribution < -0.4 is 5.32 Å². The molecule has 2 aromatic heterocycles. The van der Waals surface area contributed by atoms with Crippen LogP contribution in [0.25, 0.3) is 21.8 Å². The zero-order valence-electron chi connectivity index (χ0n) is 11.4. The lowest BCUT2D eigenvalue weighted by Crippen LogP contribution is -2.00. The van der Waals surface area contributed by atoms with E-state index in [0.29, 0.717) is 0 Å². The number of para-hydroxylation sites is 1. The van der Waals surface area contributed by atoms with Crippen LogP contribution in [0.15, 0.2) is 60.9 Å². The lowest BCUT2D eigenvalue weighted by atomic mass is 10.1. The fourth-order valence-electron chi connectivity index (χ4n) is 2.55. The fourth-order valence-corrected chi connectivity index (χ4v) is 2.55. The van der Waals surface area contributed by atoms with Crippen LogP contribution in [0.4, 0.5) is 5.69 Å². The summed E-state index contributed by atoms with van der Waals surface area (Å²) in [5, 5.41) is 12.8. The molecule has 2 heterocycles. The third-order valence-electron chi connectivity index (χ3n) is 3.64. The number of aromatic amines is 1. The van der Waals surface area contributed by atoms with Crippen LogP contribution in [0, 0.1) is 0 Å². The second kappa shape index (κ2) is 4.90. The van der Waals surface area contributed by atoms with Crippen molar-refractivity contribution in [3.05, 3.63) is 66.5 Å². The van der Waals surface area contributed by atoms with Crippen molar-refractivity contribution < 1.29 is 0 Å². The second-order valence-corrected chi connectivity index (χ2v) is 5.02. The van der Waals surface area contributed by atoms with Crippen LogP contribution in [-0.4, -0.2) is 15.2 Å². The molecule has 0 saturated carbocycles. The maximum absolute atomic E-state index is 4.48. The van der Waals surface area contributed by atoms with Gasteiger partial charge in [0.05, 0.1) is 17.2 Å². The highest BCUT2D eigenvalue weighted by molar-refractivity contribution is 5.83. The first-order valence-corrected chi connectivity index (χ1v) is 6.90. The number of hydrogen-bond acceptors (Lipinski definition) is 3. The number of benzene rings is 2. The lowest BCUT2D eigenvalue weighted by Gasteiger charge is -2.09. The molecule has 0 atom stereocenters. The van der Waals surface area contributed by atoms with Crippen LogP contribution in [-0.2, 0) is 6.54 Å². The summed E-state index contributed by atoms with van der Waals surface area (Å²) in [4.78, 5) is 4.48. The van der Waals surface area contributed by atoms with Gasteiger partial charge in [0.1, 0.15) is 0 Å². The number of anilines is 1. The number of rotatable bonds is 3. The summed E-state index contributed by atoms with van der Waals surface area (Å²) >= 11 is 0. The second-order valence-electron chi connectivity index (χ2n) is 5.02. The summed E-state index contributed by atoms with van der Waals surface area (Å²) in [5.41, 5.74) is 4.35. The van der Waals surface area contributed by atoms with Gasteiger partial charge in [0.25, 0.3) is 0 Å². The Hall–Kier alpha value is -2.88. The van der Waals surface area contributed by atoms with Gasteiger partial charge in [0.2, 0.25) is 0 Å². The number of fused-ring (bicyclic) bond motifs is 2. The Balaban J connectivity index is 1.63. The molecule has 2 N–H and O–H groups in total. The average Bonchev–Trinajstić information content (AvgIpc) is 3.00. The predicted octanol–water partition coefficient (Wildman–Crippen LogP) is 3.72. The van der Waals surface area contributed by atoms with Crippen molar-refractivity contribution in [1.29, 1.82) is 0 Å². The van der Waals surface area contributed by atoms with Crippen molar-refractivity contribution in [2.24, 2.45) is 0 Å². The van der Waals surface area contributed by atoms with Crippen LogP contribution >= 0.6 is 0 Å². The van der Waals surface area contributed by atoms with E-state index in [1.807, 2.05) is 18.5 Å². The number of pyridine rings is 1. The minimum absolute atomic E-state index is 0.744. The van der Waals surface area contributed by atoms with E-state index in [9.17, 15) is 0 Å². The molecule has 4 nitrogen and oxygen atoms in total. The number of hydrogen-bond donors (Lipinski definition) is 2. The number of H-pyrrole nitrogens is 1. The Morgan fingerprint density at radius 1 is 1.00 bits per heavy atom. The summed E-state index contributed by atoms with van der Waals surface area (Å²) in [6, 6.07) is 16.5. The van der Waals surface area contributed by atoms with E-state index in [1.54, 1.807) is 0 Å². The third kappa shape index (κ3) is 2.21. The van der Waals surface area contributed by atoms with Gasteiger partial charge >= 0.3 is 0 Å². The molecule has 4 rings (SSSR count). The minimum atomic E-state index is 0.744. The highest BCUT2D eigenvalue weighted by atomic mass is 15.1. The average molecular weight is 274 g/mol. The van der Waals surface area contributed by atoms with Gasteiger partial charge in [-0.2, -0.15) is 5.10 Å². The summed E-state index contributed by atoms with van der Waals surface area (Å²) in [7, 11) is 0. The first-order valence-electron chi connectivity index (χ1n) is 6.90. The van der Waals surface area contributed by atoms with Gasteiger partial charge in [0.15, 0.2) is 0 Å². The SMILES string of the molecule is c1cnc2c(CNc3ccc4cn[nH]c4c3)cccc2c1. The number of aromatic nitrogens is 3. The fraction of sp³-hybridized carbons (Fsp3) is 0.0588. The van der Waals surface area contributed by atoms with E-state index in [0.717, 1.165) is 28.7 Å². The van der Waals surface area contributed by atoms with E-state index in [4.69, 9.17) is 0 Å². The molecule has 0 saturated heterocycles. The summed E-state index contributed by atoms with van der Waals surface area (Å²) < 4.78 is 0. The molecule has 0 radical (unpaired) electrons. The predicted molar refractivity (Wildman–Crippen MR) is 85.2 cm³/mol. The van der Waals surface area contributed by atoms with Gasteiger partial charge in [-0.3, -0.25) is 10.1 Å². The molecular formula is C17H14N4. The zero-order chi connectivity index (χ0) is 14.1. The molecule has 0 spiro atoms. The molecule has 0 aliphatic rings. The molecule has 21 heavy (non-hydrogen) atoms. The summed E-state index contributed by atoms with van der Waals surface area (Å²) in [5.74, 6) is 0. The maximum atomic E-state index is 4.48. The normalized spacial score (nSPS) is 11.0. The van der Waals surface area contributed by atoms with Crippen LogP contribution in [0.5, 0.6) is 0 Å². The van der Waals surface area contributed by atoms with Gasteiger partial charge in [-0.15, -0.1) is 0 Å². The van der Waals surface area contributed by atoms with E-state index in [-0.39, 0.29) is 0 Å². The molecule has 4 aromatic rings. The van der Waals surface area contributed by atoms with Crippen molar-refractivity contribution in [2.75, 3.05) is 5.32 Å². The van der Waals surface area contributed by atoms with Gasteiger partial charge < -0.3 is 5.32 Å². The van der Waals surface area contributed by atoms with Gasteiger partial charge in [-0.05, 0) is 29.8 Å². The highest BCUT2D eigenvalue weighted by Gasteiger charge is 2.02. The number of nitrogens with one attached hydrogen (secondary N) is 2. The van der Waals surface area contributed by atoms with Crippen molar-refractivity contribution in [2.45, 2.75) is 6.54 Å². The van der Waals surface area contributed by atoms with Crippen LogP contribution in [0.1, 0.15) is 5.56 Å². The largest absolute Gasteiger partial charge is 0.381 e. The Labute approximate surface area is 121 Å². The van der Waals surface area contributed by atoms with Crippen molar-refractivity contribution >= 4 is 27.5 Å². The lowest BCUT2D eigenvalue weighted by molar-refractivity contribution is 1.12. The third-order valence-corrected chi connectivity index (χ3v) is 3.64. The molecule has 0 unspecified atom stereocenters. The minimum Gasteiger partial charge on any atom is -0.381 e. The van der Waals surface area contributed by atoms with Crippen molar-refractivity contribution in [3.63, 3.8) is 0 Å².